The van der Waals surface area contributed by atoms with E-state index in [1.54, 1.807) is 0 Å². The summed E-state index contributed by atoms with van der Waals surface area (Å²) in [6, 6.07) is 2.36. The molecule has 1 aromatic carbocycles. The number of hydrogen-bond donors (Lipinski definition) is 3. The number of cyclic esters (lactones) is 1. The highest BCUT2D eigenvalue weighted by atomic mass is 16.6. The number of ether oxygens (including phenoxy) is 1. The lowest BCUT2D eigenvalue weighted by Gasteiger charge is -2.13. The number of fused-ring (bicyclic) bond motifs is 1. The van der Waals surface area contributed by atoms with E-state index in [0.29, 0.717) is 5.56 Å². The van der Waals surface area contributed by atoms with Crippen molar-refractivity contribution in [1.29, 1.82) is 0 Å². The van der Waals surface area contributed by atoms with Gasteiger partial charge in [0.15, 0.2) is 6.10 Å². The van der Waals surface area contributed by atoms with Gasteiger partial charge < -0.3 is 20.1 Å². The third kappa shape index (κ3) is 1.69. The number of aliphatic hydroxyl groups is 1. The SMILES string of the molecule is C.C[C@H](O)[C@H]1OC(=O)c2c(O)cc(O)cc21. The van der Waals surface area contributed by atoms with Crippen LogP contribution in [0.4, 0.5) is 0 Å². The molecule has 2 rings (SSSR count). The third-order valence-corrected chi connectivity index (χ3v) is 2.32. The fourth-order valence-electron chi connectivity index (χ4n) is 1.68. The van der Waals surface area contributed by atoms with Crippen molar-refractivity contribution in [3.8, 4) is 11.5 Å². The van der Waals surface area contributed by atoms with Crippen LogP contribution in [0.5, 0.6) is 11.5 Å². The average molecular weight is 226 g/mol. The molecule has 2 atom stereocenters. The Kier molecular flexibility index (Phi) is 3.09. The summed E-state index contributed by atoms with van der Waals surface area (Å²) in [7, 11) is 0. The van der Waals surface area contributed by atoms with Crippen molar-refractivity contribution in [2.45, 2.75) is 26.6 Å². The van der Waals surface area contributed by atoms with E-state index in [2.05, 4.69) is 0 Å². The molecule has 0 saturated heterocycles. The third-order valence-electron chi connectivity index (χ3n) is 2.32. The van der Waals surface area contributed by atoms with E-state index in [9.17, 15) is 20.1 Å². The highest BCUT2D eigenvalue weighted by Gasteiger charge is 2.36. The van der Waals surface area contributed by atoms with Crippen LogP contribution in [0.2, 0.25) is 0 Å². The second-order valence-corrected chi connectivity index (χ2v) is 3.50. The summed E-state index contributed by atoms with van der Waals surface area (Å²) in [5.41, 5.74) is 0.325. The number of phenolic OH excluding ortho intramolecular Hbond substituents is 2. The Morgan fingerprint density at radius 2 is 2.00 bits per heavy atom. The number of esters is 1. The summed E-state index contributed by atoms with van der Waals surface area (Å²) in [5.74, 6) is -1.19. The first-order valence-electron chi connectivity index (χ1n) is 4.45. The molecule has 0 fully saturated rings. The van der Waals surface area contributed by atoms with Gasteiger partial charge in [-0.1, -0.05) is 7.43 Å². The van der Waals surface area contributed by atoms with Crippen molar-refractivity contribution in [1.82, 2.24) is 0 Å². The first-order chi connectivity index (χ1) is 7.00. The van der Waals surface area contributed by atoms with Crippen molar-refractivity contribution in [3.63, 3.8) is 0 Å². The minimum atomic E-state index is -0.892. The Morgan fingerprint density at radius 1 is 1.38 bits per heavy atom. The van der Waals surface area contributed by atoms with Gasteiger partial charge in [0.1, 0.15) is 17.1 Å². The van der Waals surface area contributed by atoms with Gasteiger partial charge in [-0.05, 0) is 13.0 Å². The van der Waals surface area contributed by atoms with E-state index >= 15 is 0 Å². The second kappa shape index (κ2) is 4.02. The molecule has 0 radical (unpaired) electrons. The molecular weight excluding hydrogens is 212 g/mol. The molecule has 0 amide bonds. The van der Waals surface area contributed by atoms with E-state index in [1.807, 2.05) is 0 Å². The quantitative estimate of drug-likeness (QED) is 0.629. The van der Waals surface area contributed by atoms with Gasteiger partial charge in [-0.25, -0.2) is 4.79 Å². The number of benzene rings is 1. The van der Waals surface area contributed by atoms with E-state index in [-0.39, 0.29) is 24.5 Å². The molecule has 5 heteroatoms. The number of rotatable bonds is 1. The van der Waals surface area contributed by atoms with Crippen LogP contribution in [-0.4, -0.2) is 27.4 Å². The second-order valence-electron chi connectivity index (χ2n) is 3.50. The van der Waals surface area contributed by atoms with Gasteiger partial charge >= 0.3 is 5.97 Å². The maximum absolute atomic E-state index is 11.3. The monoisotopic (exact) mass is 226 g/mol. The van der Waals surface area contributed by atoms with Crippen LogP contribution in [0.15, 0.2) is 12.1 Å². The molecule has 1 aliphatic rings. The first kappa shape index (κ1) is 12.3. The van der Waals surface area contributed by atoms with Gasteiger partial charge in [0, 0.05) is 11.6 Å². The summed E-state index contributed by atoms with van der Waals surface area (Å²) in [4.78, 5) is 11.3. The zero-order valence-electron chi connectivity index (χ0n) is 7.97. The van der Waals surface area contributed by atoms with Crippen molar-refractivity contribution in [2.75, 3.05) is 0 Å². The highest BCUT2D eigenvalue weighted by molar-refractivity contribution is 5.97. The predicted octanol–water partition coefficient (Wildman–Crippen LogP) is 1.33. The van der Waals surface area contributed by atoms with Crippen LogP contribution in [0.3, 0.4) is 0 Å². The predicted molar refractivity (Wildman–Crippen MR) is 56.3 cm³/mol. The Labute approximate surface area is 92.9 Å². The number of carbonyl (C=O) groups is 1. The van der Waals surface area contributed by atoms with Crippen molar-refractivity contribution < 1.29 is 24.9 Å². The Hall–Kier alpha value is -1.75. The standard InChI is InChI=1S/C10H10O5.CH4/c1-4(11)9-6-2-5(12)3-7(13)8(6)10(14)15-9;/h2-4,9,11-13H,1H3;1H4/t4-,9+;/m0./s1. The van der Waals surface area contributed by atoms with E-state index in [0.717, 1.165) is 6.07 Å². The molecule has 0 saturated carbocycles. The number of carbonyl (C=O) groups excluding carboxylic acids is 1. The van der Waals surface area contributed by atoms with Crippen LogP contribution in [0, 0.1) is 0 Å². The molecule has 0 spiro atoms. The molecule has 1 heterocycles. The summed E-state index contributed by atoms with van der Waals surface area (Å²) < 4.78 is 4.87. The zero-order chi connectivity index (χ0) is 11.2. The Morgan fingerprint density at radius 3 is 2.56 bits per heavy atom. The lowest BCUT2D eigenvalue weighted by atomic mass is 10.0. The minimum Gasteiger partial charge on any atom is -0.508 e. The van der Waals surface area contributed by atoms with Gasteiger partial charge in [-0.2, -0.15) is 0 Å². The Balaban J connectivity index is 0.00000128. The van der Waals surface area contributed by atoms with Crippen molar-refractivity contribution in [3.05, 3.63) is 23.3 Å². The van der Waals surface area contributed by atoms with Gasteiger partial charge in [0.05, 0.1) is 6.10 Å². The number of hydrogen-bond acceptors (Lipinski definition) is 5. The maximum Gasteiger partial charge on any atom is 0.343 e. The van der Waals surface area contributed by atoms with Gasteiger partial charge in [0.2, 0.25) is 0 Å². The molecule has 88 valence electrons. The summed E-state index contributed by atoms with van der Waals surface area (Å²) in [6.07, 6.45) is -1.72. The van der Waals surface area contributed by atoms with Gasteiger partial charge in [-0.15, -0.1) is 0 Å². The van der Waals surface area contributed by atoms with Gasteiger partial charge in [0.25, 0.3) is 0 Å². The fourth-order valence-corrected chi connectivity index (χ4v) is 1.68. The highest BCUT2D eigenvalue weighted by Crippen LogP contribution is 2.40. The lowest BCUT2D eigenvalue weighted by Crippen LogP contribution is -2.14. The van der Waals surface area contributed by atoms with Crippen molar-refractivity contribution >= 4 is 5.97 Å². The zero-order valence-corrected chi connectivity index (χ0v) is 7.97. The van der Waals surface area contributed by atoms with E-state index < -0.39 is 18.2 Å². The van der Waals surface area contributed by atoms with Gasteiger partial charge in [-0.3, -0.25) is 0 Å². The molecule has 1 aromatic rings. The summed E-state index contributed by atoms with van der Waals surface area (Å²) >= 11 is 0. The summed E-state index contributed by atoms with van der Waals surface area (Å²) in [5, 5.41) is 28.1. The molecule has 16 heavy (non-hydrogen) atoms. The fraction of sp³-hybridized carbons (Fsp3) is 0.364. The molecule has 0 aromatic heterocycles. The summed E-state index contributed by atoms with van der Waals surface area (Å²) in [6.45, 7) is 1.47. The van der Waals surface area contributed by atoms with Crippen LogP contribution in [0.25, 0.3) is 0 Å². The van der Waals surface area contributed by atoms with E-state index in [1.165, 1.54) is 13.0 Å². The van der Waals surface area contributed by atoms with Crippen molar-refractivity contribution in [2.24, 2.45) is 0 Å². The maximum atomic E-state index is 11.3. The molecule has 0 unspecified atom stereocenters. The minimum absolute atomic E-state index is 0. The Bertz CT molecular complexity index is 425. The number of phenols is 2. The smallest absolute Gasteiger partial charge is 0.343 e. The largest absolute Gasteiger partial charge is 0.508 e. The average Bonchev–Trinajstić information content (AvgIpc) is 2.42. The molecular formula is C11H14O5. The first-order valence-corrected chi connectivity index (χ1v) is 4.45. The van der Waals surface area contributed by atoms with E-state index in [4.69, 9.17) is 4.74 Å². The molecule has 0 aliphatic carbocycles. The molecule has 1 aliphatic heterocycles. The van der Waals surface area contributed by atoms with Crippen LogP contribution in [0.1, 0.15) is 36.4 Å². The topological polar surface area (TPSA) is 87.0 Å². The van der Waals surface area contributed by atoms with Crippen LogP contribution < -0.4 is 0 Å². The number of aliphatic hydroxyl groups excluding tert-OH is 1. The molecule has 5 nitrogen and oxygen atoms in total. The van der Waals surface area contributed by atoms with Crippen LogP contribution in [-0.2, 0) is 4.74 Å². The molecule has 0 bridgehead atoms. The normalized spacial score (nSPS) is 19.6. The van der Waals surface area contributed by atoms with Crippen LogP contribution >= 0.6 is 0 Å². The number of aromatic hydroxyl groups is 2. The lowest BCUT2D eigenvalue weighted by molar-refractivity contribution is -0.00282. The molecule has 3 N–H and O–H groups in total.